The lowest BCUT2D eigenvalue weighted by Crippen LogP contribution is -2.18. The number of aromatic nitrogens is 1. The van der Waals surface area contributed by atoms with E-state index >= 15 is 0 Å². The third kappa shape index (κ3) is 4.29. The molecule has 1 N–H and O–H groups in total. The van der Waals surface area contributed by atoms with Crippen LogP contribution in [-0.2, 0) is 16.0 Å². The average Bonchev–Trinajstić information content (AvgIpc) is 3.17. The molecule has 0 radical (unpaired) electrons. The van der Waals surface area contributed by atoms with Crippen molar-refractivity contribution in [3.05, 3.63) is 53.9 Å². The molecule has 27 heavy (non-hydrogen) atoms. The van der Waals surface area contributed by atoms with Crippen molar-refractivity contribution < 1.29 is 26.4 Å². The quantitative estimate of drug-likeness (QED) is 0.842. The molecular weight excluding hydrogens is 381 g/mol. The van der Waals surface area contributed by atoms with E-state index in [4.69, 9.17) is 0 Å². The lowest BCUT2D eigenvalue weighted by molar-refractivity contribution is -0.141. The van der Waals surface area contributed by atoms with Crippen molar-refractivity contribution in [2.75, 3.05) is 5.32 Å². The van der Waals surface area contributed by atoms with Gasteiger partial charge in [0.2, 0.25) is 0 Å². The van der Waals surface area contributed by atoms with E-state index in [1.54, 1.807) is 0 Å². The van der Waals surface area contributed by atoms with Gasteiger partial charge in [-0.1, -0.05) is 18.9 Å². The highest BCUT2D eigenvalue weighted by molar-refractivity contribution is 7.92. The normalized spacial score (nSPS) is 15.7. The van der Waals surface area contributed by atoms with E-state index in [0.29, 0.717) is 12.8 Å². The lowest BCUT2D eigenvalue weighted by Gasteiger charge is -2.13. The van der Waals surface area contributed by atoms with Crippen molar-refractivity contribution in [3.8, 4) is 0 Å². The summed E-state index contributed by atoms with van der Waals surface area (Å²) in [4.78, 5) is 15.6. The molecule has 0 spiro atoms. The summed E-state index contributed by atoms with van der Waals surface area (Å²) in [5.41, 5.74) is -0.908. The van der Waals surface area contributed by atoms with Gasteiger partial charge in [0.25, 0.3) is 5.91 Å². The number of amides is 1. The fraction of sp³-hybridized carbons (Fsp3) is 0.333. The number of halogens is 3. The molecule has 1 aliphatic carbocycles. The summed E-state index contributed by atoms with van der Waals surface area (Å²) in [7, 11) is -3.47. The van der Waals surface area contributed by atoms with Crippen LogP contribution < -0.4 is 5.32 Å². The molecule has 3 rings (SSSR count). The first-order chi connectivity index (χ1) is 12.7. The van der Waals surface area contributed by atoms with Crippen molar-refractivity contribution >= 4 is 21.4 Å². The molecule has 1 aromatic carbocycles. The van der Waals surface area contributed by atoms with Crippen LogP contribution in [0.1, 0.15) is 41.7 Å². The maximum Gasteiger partial charge on any atom is 0.433 e. The summed E-state index contributed by atoms with van der Waals surface area (Å²) in [5, 5.41) is 2.08. The van der Waals surface area contributed by atoms with Gasteiger partial charge in [0.1, 0.15) is 5.69 Å². The van der Waals surface area contributed by atoms with Gasteiger partial charge in [0, 0.05) is 11.9 Å². The average molecular weight is 398 g/mol. The Labute approximate surface area is 154 Å². The second-order valence-corrected chi connectivity index (χ2v) is 8.59. The summed E-state index contributed by atoms with van der Waals surface area (Å²) >= 11 is 0. The van der Waals surface area contributed by atoms with Crippen LogP contribution in [0.5, 0.6) is 0 Å². The molecule has 5 nitrogen and oxygen atoms in total. The number of rotatable bonds is 4. The van der Waals surface area contributed by atoms with Gasteiger partial charge < -0.3 is 5.32 Å². The van der Waals surface area contributed by atoms with Crippen molar-refractivity contribution in [1.82, 2.24) is 4.98 Å². The minimum Gasteiger partial charge on any atom is -0.322 e. The summed E-state index contributed by atoms with van der Waals surface area (Å²) in [6, 6.07) is 7.61. The van der Waals surface area contributed by atoms with E-state index in [0.717, 1.165) is 31.2 Å². The third-order valence-electron chi connectivity index (χ3n) is 4.48. The fourth-order valence-corrected chi connectivity index (χ4v) is 4.94. The van der Waals surface area contributed by atoms with Gasteiger partial charge in [0.05, 0.1) is 15.7 Å². The van der Waals surface area contributed by atoms with Crippen LogP contribution in [0.25, 0.3) is 0 Å². The van der Waals surface area contributed by atoms with Crippen molar-refractivity contribution in [3.63, 3.8) is 0 Å². The van der Waals surface area contributed by atoms with E-state index < -0.39 is 32.9 Å². The monoisotopic (exact) mass is 398 g/mol. The summed E-state index contributed by atoms with van der Waals surface area (Å²) < 4.78 is 62.9. The van der Waals surface area contributed by atoms with Crippen LogP contribution in [0.3, 0.4) is 0 Å². The summed E-state index contributed by atoms with van der Waals surface area (Å²) in [6.45, 7) is 0. The van der Waals surface area contributed by atoms with Crippen LogP contribution in [-0.4, -0.2) is 24.6 Å². The SMILES string of the molecule is O=C(Nc1cccc(S(=O)(=O)C2CCCC2)c1)c1ccc(C(F)(F)F)nc1. The van der Waals surface area contributed by atoms with Crippen molar-refractivity contribution in [1.29, 1.82) is 0 Å². The van der Waals surface area contributed by atoms with E-state index in [1.165, 1.54) is 24.3 Å². The predicted molar refractivity (Wildman–Crippen MR) is 93.1 cm³/mol. The van der Waals surface area contributed by atoms with Gasteiger partial charge in [-0.05, 0) is 43.2 Å². The van der Waals surface area contributed by atoms with E-state index in [1.807, 2.05) is 0 Å². The molecule has 9 heteroatoms. The molecule has 144 valence electrons. The predicted octanol–water partition coefficient (Wildman–Crippen LogP) is 4.07. The molecule has 1 aromatic heterocycles. The molecule has 1 saturated carbocycles. The molecule has 2 aromatic rings. The smallest absolute Gasteiger partial charge is 0.322 e. The Balaban J connectivity index is 1.77. The van der Waals surface area contributed by atoms with Gasteiger partial charge in [-0.2, -0.15) is 13.2 Å². The van der Waals surface area contributed by atoms with Crippen LogP contribution in [0.15, 0.2) is 47.5 Å². The van der Waals surface area contributed by atoms with Gasteiger partial charge >= 0.3 is 6.18 Å². The fourth-order valence-electron chi connectivity index (χ4n) is 3.04. The van der Waals surface area contributed by atoms with Crippen LogP contribution in [0.2, 0.25) is 0 Å². The topological polar surface area (TPSA) is 76.1 Å². The number of nitrogens with one attached hydrogen (secondary N) is 1. The zero-order chi connectivity index (χ0) is 19.7. The Kier molecular flexibility index (Phi) is 5.23. The molecule has 1 amide bonds. The molecule has 0 aliphatic heterocycles. The van der Waals surface area contributed by atoms with E-state index in [9.17, 15) is 26.4 Å². The van der Waals surface area contributed by atoms with Crippen molar-refractivity contribution in [2.45, 2.75) is 42.0 Å². The van der Waals surface area contributed by atoms with Crippen LogP contribution in [0, 0.1) is 0 Å². The minimum absolute atomic E-state index is 0.0629. The standard InChI is InChI=1S/C18H17F3N2O3S/c19-18(20,21)16-9-8-12(11-22-16)17(24)23-13-4-3-7-15(10-13)27(25,26)14-5-1-2-6-14/h3-4,7-11,14H,1-2,5-6H2,(H,23,24). The highest BCUT2D eigenvalue weighted by atomic mass is 32.2. The maximum absolute atomic E-state index is 12.6. The number of carbonyl (C=O) groups excluding carboxylic acids is 1. The Bertz CT molecular complexity index is 935. The first-order valence-electron chi connectivity index (χ1n) is 8.36. The van der Waals surface area contributed by atoms with E-state index in [2.05, 4.69) is 10.3 Å². The molecule has 0 unspecified atom stereocenters. The number of hydrogen-bond acceptors (Lipinski definition) is 4. The molecule has 0 bridgehead atoms. The Morgan fingerprint density at radius 2 is 1.81 bits per heavy atom. The van der Waals surface area contributed by atoms with Crippen LogP contribution in [0.4, 0.5) is 18.9 Å². The van der Waals surface area contributed by atoms with Crippen LogP contribution >= 0.6 is 0 Å². The second kappa shape index (κ2) is 7.30. The van der Waals surface area contributed by atoms with Crippen molar-refractivity contribution in [2.24, 2.45) is 0 Å². The number of hydrogen-bond donors (Lipinski definition) is 1. The number of carbonyl (C=O) groups is 1. The lowest BCUT2D eigenvalue weighted by atomic mass is 10.2. The van der Waals surface area contributed by atoms with E-state index in [-0.39, 0.29) is 16.1 Å². The molecule has 1 aliphatic rings. The molecule has 1 heterocycles. The summed E-state index contributed by atoms with van der Waals surface area (Å²) in [5.74, 6) is -0.674. The first-order valence-corrected chi connectivity index (χ1v) is 9.91. The number of alkyl halides is 3. The second-order valence-electron chi connectivity index (χ2n) is 6.36. The zero-order valence-corrected chi connectivity index (χ0v) is 15.0. The van der Waals surface area contributed by atoms with Gasteiger partial charge in [-0.25, -0.2) is 8.42 Å². The molecular formula is C18H17F3N2O3S. The Morgan fingerprint density at radius 1 is 1.11 bits per heavy atom. The zero-order valence-electron chi connectivity index (χ0n) is 14.2. The minimum atomic E-state index is -4.59. The Morgan fingerprint density at radius 3 is 2.41 bits per heavy atom. The van der Waals surface area contributed by atoms with Gasteiger partial charge in [-0.3, -0.25) is 9.78 Å². The van der Waals surface area contributed by atoms with Gasteiger partial charge in [-0.15, -0.1) is 0 Å². The molecule has 0 saturated heterocycles. The number of anilines is 1. The number of sulfone groups is 1. The number of benzene rings is 1. The maximum atomic E-state index is 12.6. The Hall–Kier alpha value is -2.42. The molecule has 0 atom stereocenters. The third-order valence-corrected chi connectivity index (χ3v) is 6.74. The largest absolute Gasteiger partial charge is 0.433 e. The van der Waals surface area contributed by atoms with Gasteiger partial charge in [0.15, 0.2) is 9.84 Å². The summed E-state index contributed by atoms with van der Waals surface area (Å²) in [6.07, 6.45) is -0.760. The highest BCUT2D eigenvalue weighted by Crippen LogP contribution is 2.31. The highest BCUT2D eigenvalue weighted by Gasteiger charge is 2.32. The molecule has 1 fully saturated rings. The number of pyridine rings is 1. The first kappa shape index (κ1) is 19.3. The number of nitrogens with zero attached hydrogens (tertiary/aromatic N) is 1.